The van der Waals surface area contributed by atoms with Crippen LogP contribution in [0.4, 0.5) is 0 Å². The van der Waals surface area contributed by atoms with E-state index in [1.165, 1.54) is 6.26 Å². The number of sulfone groups is 1. The molecule has 17 heavy (non-hydrogen) atoms. The van der Waals surface area contributed by atoms with Gasteiger partial charge >= 0.3 is 0 Å². The van der Waals surface area contributed by atoms with Gasteiger partial charge in [-0.15, -0.1) is 0 Å². The van der Waals surface area contributed by atoms with Crippen LogP contribution in [0.2, 0.25) is 0 Å². The first-order chi connectivity index (χ1) is 7.86. The summed E-state index contributed by atoms with van der Waals surface area (Å²) in [4.78, 5) is 0. The first-order valence-electron chi connectivity index (χ1n) is 6.41. The summed E-state index contributed by atoms with van der Waals surface area (Å²) >= 11 is 0. The van der Waals surface area contributed by atoms with Gasteiger partial charge in [-0.1, -0.05) is 19.8 Å². The molecule has 0 aromatic carbocycles. The minimum absolute atomic E-state index is 0.0787. The predicted molar refractivity (Wildman–Crippen MR) is 67.5 cm³/mol. The minimum atomic E-state index is -3.02. The molecule has 0 spiro atoms. The second-order valence-electron chi connectivity index (χ2n) is 5.22. The molecule has 4 nitrogen and oxygen atoms in total. The van der Waals surface area contributed by atoms with Gasteiger partial charge in [-0.2, -0.15) is 0 Å². The topological polar surface area (TPSA) is 74.6 Å². The van der Waals surface area contributed by atoms with Gasteiger partial charge in [-0.3, -0.25) is 0 Å². The lowest BCUT2D eigenvalue weighted by Gasteiger charge is -2.33. The van der Waals surface area contributed by atoms with Crippen LogP contribution < -0.4 is 0 Å². The smallest absolute Gasteiger partial charge is 0.150 e. The Morgan fingerprint density at radius 2 is 1.94 bits per heavy atom. The Morgan fingerprint density at radius 1 is 1.29 bits per heavy atom. The Labute approximate surface area is 104 Å². The number of aliphatic hydroxyl groups excluding tert-OH is 2. The zero-order valence-electron chi connectivity index (χ0n) is 10.7. The molecule has 0 aromatic rings. The molecule has 0 aliphatic heterocycles. The molecule has 0 bridgehead atoms. The summed E-state index contributed by atoms with van der Waals surface area (Å²) in [5, 5.41) is 19.4. The monoisotopic (exact) mass is 264 g/mol. The molecule has 5 heteroatoms. The molecule has 1 saturated carbocycles. The molecule has 0 saturated heterocycles. The number of hydrogen-bond donors (Lipinski definition) is 2. The van der Waals surface area contributed by atoms with Crippen LogP contribution in [-0.2, 0) is 9.84 Å². The fraction of sp³-hybridized carbons (Fsp3) is 1.00. The maximum Gasteiger partial charge on any atom is 0.150 e. The summed E-state index contributed by atoms with van der Waals surface area (Å²) in [6.07, 6.45) is 3.96. The first kappa shape index (κ1) is 14.9. The first-order valence-corrected chi connectivity index (χ1v) is 8.36. The third kappa shape index (κ3) is 4.23. The molecular formula is C12H24O4S. The van der Waals surface area contributed by atoms with E-state index in [2.05, 4.69) is 0 Å². The summed E-state index contributed by atoms with van der Waals surface area (Å²) in [5.74, 6) is -0.0787. The second-order valence-corrected chi connectivity index (χ2v) is 7.55. The standard InChI is InChI=1S/C12H24O4S/c1-3-5-11(13)12(14)9-6-4-7-10(8-9)17(2,15)16/h9-14H,3-8H2,1-2H3. The van der Waals surface area contributed by atoms with Gasteiger partial charge in [0.05, 0.1) is 17.5 Å². The van der Waals surface area contributed by atoms with Gasteiger partial charge in [-0.25, -0.2) is 8.42 Å². The van der Waals surface area contributed by atoms with E-state index in [0.29, 0.717) is 19.3 Å². The van der Waals surface area contributed by atoms with Gasteiger partial charge in [0, 0.05) is 6.26 Å². The quantitative estimate of drug-likeness (QED) is 0.780. The van der Waals surface area contributed by atoms with E-state index >= 15 is 0 Å². The molecule has 0 radical (unpaired) electrons. The third-order valence-corrected chi connectivity index (χ3v) is 5.37. The third-order valence-electron chi connectivity index (χ3n) is 3.73. The summed E-state index contributed by atoms with van der Waals surface area (Å²) in [5.41, 5.74) is 0. The van der Waals surface area contributed by atoms with Crippen molar-refractivity contribution in [3.63, 3.8) is 0 Å². The SMILES string of the molecule is CCCC(O)C(O)C1CCCC(S(C)(=O)=O)C1. The Hall–Kier alpha value is -0.130. The van der Waals surface area contributed by atoms with Crippen LogP contribution in [0, 0.1) is 5.92 Å². The molecule has 4 atom stereocenters. The molecule has 1 rings (SSSR count). The molecule has 102 valence electrons. The zero-order chi connectivity index (χ0) is 13.1. The number of hydrogen-bond acceptors (Lipinski definition) is 4. The molecule has 1 aliphatic carbocycles. The van der Waals surface area contributed by atoms with Gasteiger partial charge in [0.1, 0.15) is 9.84 Å². The summed E-state index contributed by atoms with van der Waals surface area (Å²) < 4.78 is 23.0. The normalized spacial score (nSPS) is 29.9. The number of aliphatic hydroxyl groups is 2. The van der Waals surface area contributed by atoms with Crippen LogP contribution in [-0.4, -0.2) is 42.3 Å². The van der Waals surface area contributed by atoms with Crippen molar-refractivity contribution >= 4 is 9.84 Å². The average Bonchev–Trinajstić information content (AvgIpc) is 2.27. The maximum atomic E-state index is 11.5. The summed E-state index contributed by atoms with van der Waals surface area (Å²) in [6.45, 7) is 1.95. The van der Waals surface area contributed by atoms with E-state index in [1.54, 1.807) is 0 Å². The minimum Gasteiger partial charge on any atom is -0.390 e. The highest BCUT2D eigenvalue weighted by Crippen LogP contribution is 2.32. The van der Waals surface area contributed by atoms with Crippen molar-refractivity contribution in [2.24, 2.45) is 5.92 Å². The van der Waals surface area contributed by atoms with Crippen molar-refractivity contribution in [3.8, 4) is 0 Å². The van der Waals surface area contributed by atoms with Crippen molar-refractivity contribution in [2.45, 2.75) is 62.9 Å². The lowest BCUT2D eigenvalue weighted by atomic mass is 9.82. The Kier molecular flexibility index (Phi) is 5.41. The molecule has 0 heterocycles. The van der Waals surface area contributed by atoms with E-state index in [-0.39, 0.29) is 11.2 Å². The molecule has 0 amide bonds. The molecular weight excluding hydrogens is 240 g/mol. The molecule has 4 unspecified atom stereocenters. The van der Waals surface area contributed by atoms with Crippen molar-refractivity contribution in [3.05, 3.63) is 0 Å². The lowest BCUT2D eigenvalue weighted by molar-refractivity contribution is -0.0303. The van der Waals surface area contributed by atoms with Gasteiger partial charge in [0.2, 0.25) is 0 Å². The fourth-order valence-corrected chi connectivity index (χ4v) is 3.85. The fourth-order valence-electron chi connectivity index (χ4n) is 2.66. The van der Waals surface area contributed by atoms with Gasteiger partial charge in [0.25, 0.3) is 0 Å². The Bertz CT molecular complexity index is 325. The highest BCUT2D eigenvalue weighted by molar-refractivity contribution is 7.91. The molecule has 1 aliphatic rings. The van der Waals surface area contributed by atoms with E-state index in [1.807, 2.05) is 6.92 Å². The van der Waals surface area contributed by atoms with Crippen LogP contribution in [0.1, 0.15) is 45.4 Å². The van der Waals surface area contributed by atoms with Gasteiger partial charge < -0.3 is 10.2 Å². The molecule has 0 aromatic heterocycles. The van der Waals surface area contributed by atoms with E-state index in [4.69, 9.17) is 0 Å². The van der Waals surface area contributed by atoms with Crippen molar-refractivity contribution in [1.82, 2.24) is 0 Å². The molecule has 2 N–H and O–H groups in total. The predicted octanol–water partition coefficient (Wildman–Crippen LogP) is 1.11. The van der Waals surface area contributed by atoms with Crippen LogP contribution in [0.15, 0.2) is 0 Å². The van der Waals surface area contributed by atoms with Crippen LogP contribution >= 0.6 is 0 Å². The average molecular weight is 264 g/mol. The number of rotatable bonds is 5. The Morgan fingerprint density at radius 3 is 2.47 bits per heavy atom. The summed E-state index contributed by atoms with van der Waals surface area (Å²) in [7, 11) is -3.02. The van der Waals surface area contributed by atoms with E-state index in [0.717, 1.165) is 19.3 Å². The molecule has 1 fully saturated rings. The van der Waals surface area contributed by atoms with Crippen molar-refractivity contribution in [1.29, 1.82) is 0 Å². The van der Waals surface area contributed by atoms with E-state index in [9.17, 15) is 18.6 Å². The van der Waals surface area contributed by atoms with Crippen LogP contribution in [0.25, 0.3) is 0 Å². The highest BCUT2D eigenvalue weighted by Gasteiger charge is 2.34. The van der Waals surface area contributed by atoms with Crippen LogP contribution in [0.3, 0.4) is 0 Å². The van der Waals surface area contributed by atoms with Gasteiger partial charge in [-0.05, 0) is 31.6 Å². The van der Waals surface area contributed by atoms with E-state index < -0.39 is 22.0 Å². The highest BCUT2D eigenvalue weighted by atomic mass is 32.2. The second kappa shape index (κ2) is 6.16. The van der Waals surface area contributed by atoms with Crippen LogP contribution in [0.5, 0.6) is 0 Å². The maximum absolute atomic E-state index is 11.5. The van der Waals surface area contributed by atoms with Crippen molar-refractivity contribution in [2.75, 3.05) is 6.26 Å². The lowest BCUT2D eigenvalue weighted by Crippen LogP contribution is -2.39. The Balaban J connectivity index is 2.60. The van der Waals surface area contributed by atoms with Crippen molar-refractivity contribution < 1.29 is 18.6 Å². The van der Waals surface area contributed by atoms with Gasteiger partial charge in [0.15, 0.2) is 0 Å². The largest absolute Gasteiger partial charge is 0.390 e. The summed E-state index contributed by atoms with van der Waals surface area (Å²) in [6, 6.07) is 0. The zero-order valence-corrected chi connectivity index (χ0v) is 11.5.